The highest BCUT2D eigenvalue weighted by atomic mass is 79.9. The lowest BCUT2D eigenvalue weighted by atomic mass is 9.99. The van der Waals surface area contributed by atoms with E-state index in [2.05, 4.69) is 26.7 Å². The van der Waals surface area contributed by atoms with Gasteiger partial charge < -0.3 is 0 Å². The molecule has 23 heavy (non-hydrogen) atoms. The van der Waals surface area contributed by atoms with E-state index < -0.39 is 10.0 Å². The molecular weight excluding hydrogens is 376 g/mol. The molecule has 6 heteroatoms. The molecule has 0 heterocycles. The molecule has 0 unspecified atom stereocenters. The van der Waals surface area contributed by atoms with Gasteiger partial charge in [-0.05, 0) is 45.6 Å². The predicted molar refractivity (Wildman–Crippen MR) is 95.8 cm³/mol. The molecule has 0 amide bonds. The van der Waals surface area contributed by atoms with Crippen LogP contribution in [0.4, 0.5) is 5.69 Å². The van der Waals surface area contributed by atoms with E-state index in [4.69, 9.17) is 0 Å². The van der Waals surface area contributed by atoms with Crippen LogP contribution in [0.15, 0.2) is 46.9 Å². The number of rotatable bonds is 6. The van der Waals surface area contributed by atoms with E-state index in [-0.39, 0.29) is 5.75 Å². The smallest absolute Gasteiger partial charge is 0.232 e. The zero-order valence-electron chi connectivity index (χ0n) is 12.7. The Morgan fingerprint density at radius 2 is 1.87 bits per heavy atom. The highest BCUT2D eigenvalue weighted by molar-refractivity contribution is 9.10. The zero-order chi connectivity index (χ0) is 16.9. The summed E-state index contributed by atoms with van der Waals surface area (Å²) in [5.41, 5.74) is 2.60. The van der Waals surface area contributed by atoms with Crippen molar-refractivity contribution in [3.63, 3.8) is 0 Å². The van der Waals surface area contributed by atoms with Gasteiger partial charge in [0.25, 0.3) is 0 Å². The summed E-state index contributed by atoms with van der Waals surface area (Å²) < 4.78 is 27.4. The molecule has 0 aliphatic heterocycles. The van der Waals surface area contributed by atoms with E-state index in [9.17, 15) is 13.7 Å². The zero-order valence-corrected chi connectivity index (χ0v) is 15.1. The first kappa shape index (κ1) is 17.5. The van der Waals surface area contributed by atoms with Crippen molar-refractivity contribution >= 4 is 31.6 Å². The summed E-state index contributed by atoms with van der Waals surface area (Å²) in [5, 5.41) is 9.45. The standard InChI is InChI=1S/C17H17BrN2O2S/c1-2-10-23(21,22)20-17-9-8-16(18)15(12-19)14(17)11-13-6-4-3-5-7-13/h3-9,20H,2,10-11H2,1H3. The average Bonchev–Trinajstić information content (AvgIpc) is 2.51. The Balaban J connectivity index is 2.48. The number of nitrogens with zero attached hydrogens (tertiary/aromatic N) is 1. The molecule has 0 spiro atoms. The third-order valence-electron chi connectivity index (χ3n) is 3.34. The molecule has 2 aromatic carbocycles. The minimum atomic E-state index is -3.41. The Bertz CT molecular complexity index is 828. The maximum atomic E-state index is 12.1. The molecule has 4 nitrogen and oxygen atoms in total. The molecule has 0 saturated heterocycles. The second-order valence-electron chi connectivity index (χ2n) is 5.14. The summed E-state index contributed by atoms with van der Waals surface area (Å²) in [6, 6.07) is 15.2. The van der Waals surface area contributed by atoms with E-state index >= 15 is 0 Å². The maximum absolute atomic E-state index is 12.1. The number of nitriles is 1. The van der Waals surface area contributed by atoms with Gasteiger partial charge in [-0.2, -0.15) is 5.26 Å². The van der Waals surface area contributed by atoms with Gasteiger partial charge in [0.15, 0.2) is 0 Å². The van der Waals surface area contributed by atoms with Crippen molar-refractivity contribution in [2.24, 2.45) is 0 Å². The molecule has 0 saturated carbocycles. The van der Waals surface area contributed by atoms with Crippen LogP contribution >= 0.6 is 15.9 Å². The van der Waals surface area contributed by atoms with Crippen LogP contribution in [0, 0.1) is 11.3 Å². The number of benzene rings is 2. The first-order chi connectivity index (χ1) is 11.0. The number of hydrogen-bond acceptors (Lipinski definition) is 3. The lowest BCUT2D eigenvalue weighted by molar-refractivity contribution is 0.600. The lowest BCUT2D eigenvalue weighted by Crippen LogP contribution is -2.17. The summed E-state index contributed by atoms with van der Waals surface area (Å²) in [6.07, 6.45) is 1.01. The SMILES string of the molecule is CCCS(=O)(=O)Nc1ccc(Br)c(C#N)c1Cc1ccccc1. The van der Waals surface area contributed by atoms with Crippen molar-refractivity contribution in [1.29, 1.82) is 5.26 Å². The Kier molecular flexibility index (Phi) is 5.80. The van der Waals surface area contributed by atoms with Gasteiger partial charge in [0, 0.05) is 10.9 Å². The van der Waals surface area contributed by atoms with Gasteiger partial charge in [0.05, 0.1) is 17.0 Å². The van der Waals surface area contributed by atoms with Crippen molar-refractivity contribution in [3.05, 3.63) is 63.6 Å². The van der Waals surface area contributed by atoms with Crippen LogP contribution < -0.4 is 4.72 Å². The number of anilines is 1. The van der Waals surface area contributed by atoms with Gasteiger partial charge in [-0.1, -0.05) is 37.3 Å². The van der Waals surface area contributed by atoms with Crippen LogP contribution in [0.5, 0.6) is 0 Å². The molecule has 0 bridgehead atoms. The average molecular weight is 393 g/mol. The van der Waals surface area contributed by atoms with Crippen molar-refractivity contribution in [1.82, 2.24) is 0 Å². The van der Waals surface area contributed by atoms with Gasteiger partial charge >= 0.3 is 0 Å². The van der Waals surface area contributed by atoms with E-state index in [1.165, 1.54) is 0 Å². The van der Waals surface area contributed by atoms with Gasteiger partial charge in [-0.25, -0.2) is 8.42 Å². The highest BCUT2D eigenvalue weighted by Gasteiger charge is 2.17. The molecule has 0 fully saturated rings. The van der Waals surface area contributed by atoms with Crippen LogP contribution in [0.25, 0.3) is 0 Å². The highest BCUT2D eigenvalue weighted by Crippen LogP contribution is 2.30. The van der Waals surface area contributed by atoms with Crippen LogP contribution in [-0.4, -0.2) is 14.2 Å². The molecule has 1 N–H and O–H groups in total. The Labute approximate surface area is 145 Å². The molecule has 0 aromatic heterocycles. The van der Waals surface area contributed by atoms with Crippen LogP contribution in [-0.2, 0) is 16.4 Å². The van der Waals surface area contributed by atoms with E-state index in [1.54, 1.807) is 12.1 Å². The monoisotopic (exact) mass is 392 g/mol. The molecule has 2 rings (SSSR count). The fourth-order valence-electron chi connectivity index (χ4n) is 2.31. The third kappa shape index (κ3) is 4.57. The first-order valence-electron chi connectivity index (χ1n) is 7.22. The fraction of sp³-hybridized carbons (Fsp3) is 0.235. The molecule has 0 radical (unpaired) electrons. The number of sulfonamides is 1. The number of hydrogen-bond donors (Lipinski definition) is 1. The molecule has 0 aliphatic carbocycles. The topological polar surface area (TPSA) is 70.0 Å². The molecule has 2 aromatic rings. The normalized spacial score (nSPS) is 11.0. The quantitative estimate of drug-likeness (QED) is 0.805. The summed E-state index contributed by atoms with van der Waals surface area (Å²) in [4.78, 5) is 0. The Hall–Kier alpha value is -1.84. The van der Waals surface area contributed by atoms with Gasteiger partial charge in [0.1, 0.15) is 6.07 Å². The van der Waals surface area contributed by atoms with Crippen molar-refractivity contribution in [2.45, 2.75) is 19.8 Å². The summed E-state index contributed by atoms with van der Waals surface area (Å²) >= 11 is 3.37. The van der Waals surface area contributed by atoms with E-state index in [0.29, 0.717) is 34.1 Å². The maximum Gasteiger partial charge on any atom is 0.232 e. The molecular formula is C17H17BrN2O2S. The Morgan fingerprint density at radius 3 is 2.48 bits per heavy atom. The minimum Gasteiger partial charge on any atom is -0.283 e. The largest absolute Gasteiger partial charge is 0.283 e. The van der Waals surface area contributed by atoms with Crippen LogP contribution in [0.1, 0.15) is 30.0 Å². The molecule has 120 valence electrons. The lowest BCUT2D eigenvalue weighted by Gasteiger charge is -2.15. The first-order valence-corrected chi connectivity index (χ1v) is 9.67. The van der Waals surface area contributed by atoms with E-state index in [0.717, 1.165) is 5.56 Å². The molecule has 0 atom stereocenters. The molecule has 0 aliphatic rings. The Morgan fingerprint density at radius 1 is 1.17 bits per heavy atom. The second kappa shape index (κ2) is 7.62. The third-order valence-corrected chi connectivity index (χ3v) is 5.47. The van der Waals surface area contributed by atoms with E-state index in [1.807, 2.05) is 37.3 Å². The summed E-state index contributed by atoms with van der Waals surface area (Å²) in [7, 11) is -3.41. The van der Waals surface area contributed by atoms with Crippen molar-refractivity contribution in [2.75, 3.05) is 10.5 Å². The summed E-state index contributed by atoms with van der Waals surface area (Å²) in [5.74, 6) is 0.0513. The second-order valence-corrected chi connectivity index (χ2v) is 7.84. The van der Waals surface area contributed by atoms with Crippen molar-refractivity contribution < 1.29 is 8.42 Å². The van der Waals surface area contributed by atoms with Crippen LogP contribution in [0.2, 0.25) is 0 Å². The van der Waals surface area contributed by atoms with Crippen molar-refractivity contribution in [3.8, 4) is 6.07 Å². The number of halogens is 1. The van der Waals surface area contributed by atoms with Gasteiger partial charge in [-0.3, -0.25) is 4.72 Å². The summed E-state index contributed by atoms with van der Waals surface area (Å²) in [6.45, 7) is 1.81. The van der Waals surface area contributed by atoms with Crippen LogP contribution in [0.3, 0.4) is 0 Å². The van der Waals surface area contributed by atoms with Gasteiger partial charge in [-0.15, -0.1) is 0 Å². The fourth-order valence-corrected chi connectivity index (χ4v) is 3.93. The number of nitrogens with one attached hydrogen (secondary N) is 1. The predicted octanol–water partition coefficient (Wildman–Crippen LogP) is 4.06. The van der Waals surface area contributed by atoms with Gasteiger partial charge in [0.2, 0.25) is 10.0 Å². The minimum absolute atomic E-state index is 0.0513.